The molecule has 0 bridgehead atoms. The third-order valence-electron chi connectivity index (χ3n) is 4.37. The number of fused-ring (bicyclic) bond motifs is 1. The van der Waals surface area contributed by atoms with E-state index in [-0.39, 0.29) is 11.7 Å². The molecule has 1 saturated carbocycles. The molecule has 0 atom stereocenters. The number of nitrogens with one attached hydrogen (secondary N) is 1. The number of carbonyl (C=O) groups is 1. The maximum atomic E-state index is 12.3. The molecule has 7 nitrogen and oxygen atoms in total. The Bertz CT molecular complexity index is 804. The SMILES string of the molecule is CCn1c(SCC(=O)Nc2ccc3c(c2)OCCCO3)nnc1C1CC1. The van der Waals surface area contributed by atoms with Gasteiger partial charge >= 0.3 is 0 Å². The number of hydrogen-bond acceptors (Lipinski definition) is 6. The summed E-state index contributed by atoms with van der Waals surface area (Å²) in [5.41, 5.74) is 0.704. The van der Waals surface area contributed by atoms with Crippen molar-refractivity contribution in [3.63, 3.8) is 0 Å². The molecule has 0 unspecified atom stereocenters. The average molecular weight is 374 g/mol. The van der Waals surface area contributed by atoms with Gasteiger partial charge in [0.25, 0.3) is 0 Å². The molecule has 1 fully saturated rings. The predicted octanol–water partition coefficient (Wildman–Crippen LogP) is 3.07. The number of aromatic nitrogens is 3. The third-order valence-corrected chi connectivity index (χ3v) is 5.33. The summed E-state index contributed by atoms with van der Waals surface area (Å²) in [6.45, 7) is 4.18. The second-order valence-corrected chi connectivity index (χ2v) is 7.35. The third kappa shape index (κ3) is 3.80. The number of amides is 1. The summed E-state index contributed by atoms with van der Waals surface area (Å²) in [6.07, 6.45) is 3.23. The van der Waals surface area contributed by atoms with E-state index >= 15 is 0 Å². The molecule has 4 rings (SSSR count). The van der Waals surface area contributed by atoms with E-state index in [0.717, 1.165) is 29.7 Å². The van der Waals surface area contributed by atoms with Crippen molar-refractivity contribution < 1.29 is 14.3 Å². The molecule has 1 aliphatic heterocycles. The van der Waals surface area contributed by atoms with Gasteiger partial charge in [0, 0.05) is 30.6 Å². The fraction of sp³-hybridized carbons (Fsp3) is 0.500. The molecule has 0 spiro atoms. The van der Waals surface area contributed by atoms with E-state index in [1.165, 1.54) is 24.6 Å². The zero-order valence-electron chi connectivity index (χ0n) is 14.7. The number of rotatable bonds is 6. The maximum absolute atomic E-state index is 12.3. The smallest absolute Gasteiger partial charge is 0.234 e. The number of nitrogens with zero attached hydrogens (tertiary/aromatic N) is 3. The highest BCUT2D eigenvalue weighted by molar-refractivity contribution is 7.99. The Balaban J connectivity index is 1.36. The molecule has 0 radical (unpaired) electrons. The van der Waals surface area contributed by atoms with Gasteiger partial charge in [-0.15, -0.1) is 10.2 Å². The fourth-order valence-corrected chi connectivity index (χ4v) is 3.73. The van der Waals surface area contributed by atoms with Crippen molar-refractivity contribution in [1.29, 1.82) is 0 Å². The Morgan fingerprint density at radius 3 is 2.85 bits per heavy atom. The van der Waals surface area contributed by atoms with Crippen LogP contribution < -0.4 is 14.8 Å². The minimum Gasteiger partial charge on any atom is -0.490 e. The van der Waals surface area contributed by atoms with Gasteiger partial charge < -0.3 is 19.4 Å². The number of ether oxygens (including phenoxy) is 2. The monoisotopic (exact) mass is 374 g/mol. The zero-order valence-corrected chi connectivity index (χ0v) is 15.6. The van der Waals surface area contributed by atoms with Crippen LogP contribution in [0.5, 0.6) is 11.5 Å². The lowest BCUT2D eigenvalue weighted by Gasteiger charge is -2.10. The number of benzene rings is 1. The van der Waals surface area contributed by atoms with Gasteiger partial charge in [-0.3, -0.25) is 4.79 Å². The van der Waals surface area contributed by atoms with Gasteiger partial charge in [-0.2, -0.15) is 0 Å². The summed E-state index contributed by atoms with van der Waals surface area (Å²) in [6, 6.07) is 5.47. The van der Waals surface area contributed by atoms with Crippen molar-refractivity contribution in [2.75, 3.05) is 24.3 Å². The van der Waals surface area contributed by atoms with Gasteiger partial charge in [-0.25, -0.2) is 0 Å². The second kappa shape index (κ2) is 7.57. The molecule has 1 aromatic carbocycles. The van der Waals surface area contributed by atoms with Crippen molar-refractivity contribution in [3.8, 4) is 11.5 Å². The van der Waals surface area contributed by atoms with Crippen LogP contribution in [0.3, 0.4) is 0 Å². The van der Waals surface area contributed by atoms with Crippen LogP contribution in [-0.2, 0) is 11.3 Å². The Hall–Kier alpha value is -2.22. The van der Waals surface area contributed by atoms with Gasteiger partial charge in [0.1, 0.15) is 5.82 Å². The topological polar surface area (TPSA) is 78.3 Å². The highest BCUT2D eigenvalue weighted by atomic mass is 32.2. The van der Waals surface area contributed by atoms with Gasteiger partial charge in [0.05, 0.1) is 19.0 Å². The number of anilines is 1. The van der Waals surface area contributed by atoms with E-state index in [1.807, 2.05) is 18.2 Å². The van der Waals surface area contributed by atoms with E-state index in [0.29, 0.717) is 30.6 Å². The van der Waals surface area contributed by atoms with Gasteiger partial charge in [-0.1, -0.05) is 11.8 Å². The molecule has 8 heteroatoms. The Kier molecular flexibility index (Phi) is 5.01. The molecule has 1 aromatic heterocycles. The molecule has 1 amide bonds. The molecule has 2 aromatic rings. The molecular weight excluding hydrogens is 352 g/mol. The molecule has 138 valence electrons. The summed E-state index contributed by atoms with van der Waals surface area (Å²) in [4.78, 5) is 12.3. The Morgan fingerprint density at radius 1 is 1.27 bits per heavy atom. The van der Waals surface area contributed by atoms with Crippen LogP contribution in [0.4, 0.5) is 5.69 Å². The maximum Gasteiger partial charge on any atom is 0.234 e. The van der Waals surface area contributed by atoms with Crippen molar-refractivity contribution in [3.05, 3.63) is 24.0 Å². The molecule has 1 aliphatic carbocycles. The summed E-state index contributed by atoms with van der Waals surface area (Å²) >= 11 is 1.42. The lowest BCUT2D eigenvalue weighted by atomic mass is 10.2. The minimum absolute atomic E-state index is 0.0804. The number of carbonyl (C=O) groups excluding carboxylic acids is 1. The lowest BCUT2D eigenvalue weighted by Crippen LogP contribution is -2.15. The lowest BCUT2D eigenvalue weighted by molar-refractivity contribution is -0.113. The molecule has 0 saturated heterocycles. The standard InChI is InChI=1S/C18H22N4O3S/c1-2-22-17(12-4-5-12)20-21-18(22)26-11-16(23)19-13-6-7-14-15(10-13)25-9-3-8-24-14/h6-7,10,12H,2-5,8-9,11H2,1H3,(H,19,23). The van der Waals surface area contributed by atoms with Crippen LogP contribution in [0.15, 0.2) is 23.4 Å². The van der Waals surface area contributed by atoms with Gasteiger partial charge in [0.2, 0.25) is 5.91 Å². The second-order valence-electron chi connectivity index (χ2n) is 6.41. The first-order valence-electron chi connectivity index (χ1n) is 9.00. The van der Waals surface area contributed by atoms with Gasteiger partial charge in [0.15, 0.2) is 16.7 Å². The normalized spacial score (nSPS) is 16.2. The van der Waals surface area contributed by atoms with Crippen LogP contribution in [0.1, 0.15) is 37.9 Å². The van der Waals surface area contributed by atoms with E-state index in [9.17, 15) is 4.79 Å². The Morgan fingerprint density at radius 2 is 2.08 bits per heavy atom. The quantitative estimate of drug-likeness (QED) is 0.783. The molecule has 1 N–H and O–H groups in total. The first kappa shape index (κ1) is 17.2. The fourth-order valence-electron chi connectivity index (χ4n) is 2.92. The first-order chi connectivity index (χ1) is 12.7. The highest BCUT2D eigenvalue weighted by Crippen LogP contribution is 2.40. The van der Waals surface area contributed by atoms with Gasteiger partial charge in [-0.05, 0) is 31.9 Å². The van der Waals surface area contributed by atoms with Crippen molar-refractivity contribution in [2.45, 2.75) is 43.8 Å². The zero-order chi connectivity index (χ0) is 17.9. The number of hydrogen-bond donors (Lipinski definition) is 1. The molecule has 26 heavy (non-hydrogen) atoms. The van der Waals surface area contributed by atoms with Crippen molar-refractivity contribution in [2.24, 2.45) is 0 Å². The van der Waals surface area contributed by atoms with Crippen LogP contribution in [0, 0.1) is 0 Å². The number of thioether (sulfide) groups is 1. The average Bonchev–Trinajstić information content (AvgIpc) is 3.44. The summed E-state index contributed by atoms with van der Waals surface area (Å²) in [7, 11) is 0. The largest absolute Gasteiger partial charge is 0.490 e. The van der Waals surface area contributed by atoms with Crippen LogP contribution in [0.2, 0.25) is 0 Å². The van der Waals surface area contributed by atoms with E-state index in [4.69, 9.17) is 9.47 Å². The summed E-state index contributed by atoms with van der Waals surface area (Å²) < 4.78 is 13.4. The molecule has 2 heterocycles. The summed E-state index contributed by atoms with van der Waals surface area (Å²) in [5, 5.41) is 12.3. The minimum atomic E-state index is -0.0804. The van der Waals surface area contributed by atoms with Crippen LogP contribution in [-0.4, -0.2) is 39.6 Å². The van der Waals surface area contributed by atoms with E-state index < -0.39 is 0 Å². The summed E-state index contributed by atoms with van der Waals surface area (Å²) in [5.74, 6) is 3.21. The molecular formula is C18H22N4O3S. The van der Waals surface area contributed by atoms with Crippen LogP contribution >= 0.6 is 11.8 Å². The van der Waals surface area contributed by atoms with E-state index in [1.54, 1.807) is 0 Å². The first-order valence-corrected chi connectivity index (χ1v) is 9.98. The Labute approximate surface area is 156 Å². The van der Waals surface area contributed by atoms with Crippen LogP contribution in [0.25, 0.3) is 0 Å². The highest BCUT2D eigenvalue weighted by Gasteiger charge is 2.30. The van der Waals surface area contributed by atoms with Crippen molar-refractivity contribution >= 4 is 23.4 Å². The predicted molar refractivity (Wildman–Crippen MR) is 99.1 cm³/mol. The van der Waals surface area contributed by atoms with Crippen molar-refractivity contribution in [1.82, 2.24) is 14.8 Å². The van der Waals surface area contributed by atoms with E-state index in [2.05, 4.69) is 27.0 Å². The molecule has 2 aliphatic rings.